The van der Waals surface area contributed by atoms with E-state index in [1.807, 2.05) is 24.4 Å². The molecule has 0 spiro atoms. The molecule has 1 saturated carbocycles. The van der Waals surface area contributed by atoms with Gasteiger partial charge in [-0.15, -0.1) is 0 Å². The maximum absolute atomic E-state index is 6.08. The standard InChI is InChI=1S/C14H15ClN4/c15-11-3-4-13-14(5-11)19(9-16-13)12-6-17-18(8-12)7-10-1-2-10/h3-6,8,10,16H,1-2,7,9H2. The minimum Gasteiger partial charge on any atom is -0.366 e. The van der Waals surface area contributed by atoms with Crippen molar-refractivity contribution >= 4 is 28.7 Å². The molecule has 98 valence electrons. The molecular weight excluding hydrogens is 260 g/mol. The van der Waals surface area contributed by atoms with Crippen LogP contribution in [0.1, 0.15) is 12.8 Å². The average molecular weight is 275 g/mol. The molecule has 0 atom stereocenters. The number of hydrogen-bond acceptors (Lipinski definition) is 3. The molecule has 0 unspecified atom stereocenters. The molecule has 19 heavy (non-hydrogen) atoms. The summed E-state index contributed by atoms with van der Waals surface area (Å²) in [6, 6.07) is 5.93. The van der Waals surface area contributed by atoms with Gasteiger partial charge in [-0.1, -0.05) is 11.6 Å². The van der Waals surface area contributed by atoms with E-state index in [1.165, 1.54) is 12.8 Å². The highest BCUT2D eigenvalue weighted by Crippen LogP contribution is 2.38. The number of nitrogens with one attached hydrogen (secondary N) is 1. The van der Waals surface area contributed by atoms with Gasteiger partial charge in [0, 0.05) is 17.8 Å². The van der Waals surface area contributed by atoms with E-state index in [2.05, 4.69) is 26.2 Å². The monoisotopic (exact) mass is 274 g/mol. The van der Waals surface area contributed by atoms with Gasteiger partial charge in [-0.05, 0) is 37.0 Å². The number of fused-ring (bicyclic) bond motifs is 1. The Labute approximate surface area is 117 Å². The van der Waals surface area contributed by atoms with Crippen LogP contribution in [0.5, 0.6) is 0 Å². The van der Waals surface area contributed by atoms with E-state index < -0.39 is 0 Å². The fraction of sp³-hybridized carbons (Fsp3) is 0.357. The lowest BCUT2D eigenvalue weighted by atomic mass is 10.2. The molecule has 1 N–H and O–H groups in total. The lowest BCUT2D eigenvalue weighted by molar-refractivity contribution is 0.563. The Morgan fingerprint density at radius 3 is 3.11 bits per heavy atom. The normalized spacial score (nSPS) is 17.4. The van der Waals surface area contributed by atoms with E-state index in [0.29, 0.717) is 0 Å². The van der Waals surface area contributed by atoms with Crippen LogP contribution in [-0.4, -0.2) is 16.4 Å². The van der Waals surface area contributed by atoms with Crippen LogP contribution in [0.3, 0.4) is 0 Å². The Balaban J connectivity index is 1.63. The maximum Gasteiger partial charge on any atom is 0.0928 e. The second-order valence-corrected chi connectivity index (χ2v) is 5.72. The Bertz CT molecular complexity index is 618. The van der Waals surface area contributed by atoms with Crippen LogP contribution in [-0.2, 0) is 6.54 Å². The van der Waals surface area contributed by atoms with Gasteiger partial charge in [0.15, 0.2) is 0 Å². The summed E-state index contributed by atoms with van der Waals surface area (Å²) in [5, 5.41) is 8.58. The summed E-state index contributed by atoms with van der Waals surface area (Å²) < 4.78 is 2.05. The molecule has 0 radical (unpaired) electrons. The molecule has 2 heterocycles. The van der Waals surface area contributed by atoms with E-state index in [0.717, 1.165) is 41.2 Å². The molecule has 1 aliphatic heterocycles. The minimum absolute atomic E-state index is 0.762. The van der Waals surface area contributed by atoms with Gasteiger partial charge in [-0.25, -0.2) is 0 Å². The predicted octanol–water partition coefficient (Wildman–Crippen LogP) is 3.47. The van der Waals surface area contributed by atoms with E-state index in [9.17, 15) is 0 Å². The van der Waals surface area contributed by atoms with Crippen molar-refractivity contribution in [3.63, 3.8) is 0 Å². The van der Waals surface area contributed by atoms with Gasteiger partial charge in [0.25, 0.3) is 0 Å². The summed E-state index contributed by atoms with van der Waals surface area (Å²) in [5.74, 6) is 0.839. The fourth-order valence-corrected chi connectivity index (χ4v) is 2.68. The van der Waals surface area contributed by atoms with Crippen LogP contribution in [0.25, 0.3) is 0 Å². The third-order valence-corrected chi connectivity index (χ3v) is 3.99. The first-order valence-corrected chi connectivity index (χ1v) is 7.01. The number of halogens is 1. The van der Waals surface area contributed by atoms with Gasteiger partial charge in [0.05, 0.1) is 29.9 Å². The third kappa shape index (κ3) is 2.06. The first kappa shape index (κ1) is 11.2. The topological polar surface area (TPSA) is 33.1 Å². The largest absolute Gasteiger partial charge is 0.366 e. The maximum atomic E-state index is 6.08. The second kappa shape index (κ2) is 4.17. The van der Waals surface area contributed by atoms with Crippen LogP contribution in [0.2, 0.25) is 5.02 Å². The first-order chi connectivity index (χ1) is 9.29. The number of benzene rings is 1. The molecule has 1 aliphatic carbocycles. The van der Waals surface area contributed by atoms with Crippen molar-refractivity contribution in [1.29, 1.82) is 0 Å². The van der Waals surface area contributed by atoms with Crippen LogP contribution in [0.15, 0.2) is 30.6 Å². The molecule has 0 amide bonds. The minimum atomic E-state index is 0.762. The molecule has 4 rings (SSSR count). The van der Waals surface area contributed by atoms with Crippen molar-refractivity contribution < 1.29 is 0 Å². The van der Waals surface area contributed by atoms with Gasteiger partial charge in [-0.2, -0.15) is 5.10 Å². The number of aromatic nitrogens is 2. The zero-order chi connectivity index (χ0) is 12.8. The fourth-order valence-electron chi connectivity index (χ4n) is 2.51. The second-order valence-electron chi connectivity index (χ2n) is 5.29. The van der Waals surface area contributed by atoms with Crippen LogP contribution >= 0.6 is 11.6 Å². The molecule has 1 fully saturated rings. The SMILES string of the molecule is Clc1ccc2c(c1)N(c1cnn(CC3CC3)c1)CN2. The zero-order valence-corrected chi connectivity index (χ0v) is 11.3. The Morgan fingerprint density at radius 2 is 2.26 bits per heavy atom. The van der Waals surface area contributed by atoms with Crippen LogP contribution in [0.4, 0.5) is 17.1 Å². The lowest BCUT2D eigenvalue weighted by Gasteiger charge is -2.15. The van der Waals surface area contributed by atoms with Gasteiger partial charge in [0.2, 0.25) is 0 Å². The molecular formula is C14H15ClN4. The number of nitrogens with zero attached hydrogens (tertiary/aromatic N) is 3. The van der Waals surface area contributed by atoms with Gasteiger partial charge in [-0.3, -0.25) is 4.68 Å². The quantitative estimate of drug-likeness (QED) is 0.930. The predicted molar refractivity (Wildman–Crippen MR) is 77.0 cm³/mol. The molecule has 0 bridgehead atoms. The number of rotatable bonds is 3. The molecule has 1 aromatic carbocycles. The van der Waals surface area contributed by atoms with E-state index in [1.54, 1.807) is 0 Å². The highest BCUT2D eigenvalue weighted by atomic mass is 35.5. The summed E-state index contributed by atoms with van der Waals surface area (Å²) in [6.07, 6.45) is 6.74. The van der Waals surface area contributed by atoms with E-state index >= 15 is 0 Å². The van der Waals surface area contributed by atoms with Crippen molar-refractivity contribution in [1.82, 2.24) is 9.78 Å². The summed E-state index contributed by atoms with van der Waals surface area (Å²) >= 11 is 6.08. The Hall–Kier alpha value is -1.68. The van der Waals surface area contributed by atoms with Crippen molar-refractivity contribution in [3.05, 3.63) is 35.6 Å². The molecule has 1 aromatic heterocycles. The van der Waals surface area contributed by atoms with E-state index in [-0.39, 0.29) is 0 Å². The summed E-state index contributed by atoms with van der Waals surface area (Å²) in [5.41, 5.74) is 3.37. The van der Waals surface area contributed by atoms with Crippen LogP contribution in [0, 0.1) is 5.92 Å². The van der Waals surface area contributed by atoms with Crippen molar-refractivity contribution in [3.8, 4) is 0 Å². The summed E-state index contributed by atoms with van der Waals surface area (Å²) in [4.78, 5) is 2.21. The summed E-state index contributed by atoms with van der Waals surface area (Å²) in [6.45, 7) is 1.81. The number of anilines is 3. The molecule has 2 aliphatic rings. The van der Waals surface area contributed by atoms with Gasteiger partial charge < -0.3 is 10.2 Å². The first-order valence-electron chi connectivity index (χ1n) is 6.63. The van der Waals surface area contributed by atoms with Crippen molar-refractivity contribution in [2.24, 2.45) is 5.92 Å². The third-order valence-electron chi connectivity index (χ3n) is 3.75. The molecule has 4 nitrogen and oxygen atoms in total. The number of hydrogen-bond donors (Lipinski definition) is 1. The Kier molecular flexibility index (Phi) is 2.45. The van der Waals surface area contributed by atoms with E-state index in [4.69, 9.17) is 11.6 Å². The lowest BCUT2D eigenvalue weighted by Crippen LogP contribution is -2.15. The molecule has 0 saturated heterocycles. The van der Waals surface area contributed by atoms with Gasteiger partial charge in [0.1, 0.15) is 0 Å². The molecule has 5 heteroatoms. The smallest absolute Gasteiger partial charge is 0.0928 e. The van der Waals surface area contributed by atoms with Crippen LogP contribution < -0.4 is 10.2 Å². The highest BCUT2D eigenvalue weighted by Gasteiger charge is 2.24. The highest BCUT2D eigenvalue weighted by molar-refractivity contribution is 6.31. The van der Waals surface area contributed by atoms with Crippen molar-refractivity contribution in [2.75, 3.05) is 16.9 Å². The summed E-state index contributed by atoms with van der Waals surface area (Å²) in [7, 11) is 0. The van der Waals surface area contributed by atoms with Crippen molar-refractivity contribution in [2.45, 2.75) is 19.4 Å². The molecule has 2 aromatic rings. The average Bonchev–Trinajstić information content (AvgIpc) is 2.93. The van der Waals surface area contributed by atoms with Gasteiger partial charge >= 0.3 is 0 Å². The zero-order valence-electron chi connectivity index (χ0n) is 10.5. The Morgan fingerprint density at radius 1 is 1.37 bits per heavy atom.